The summed E-state index contributed by atoms with van der Waals surface area (Å²) in [5.41, 5.74) is 3.84. The number of benzene rings is 1. The average molecular weight is 340 g/mol. The molecule has 1 aromatic carbocycles. The van der Waals surface area contributed by atoms with E-state index in [9.17, 15) is 4.79 Å². The first-order valence-corrected chi connectivity index (χ1v) is 8.54. The van der Waals surface area contributed by atoms with Crippen molar-refractivity contribution < 1.29 is 9.53 Å². The number of nitrogens with zero attached hydrogens (tertiary/aromatic N) is 2. The van der Waals surface area contributed by atoms with Gasteiger partial charge in [0.1, 0.15) is 0 Å². The van der Waals surface area contributed by atoms with Gasteiger partial charge >= 0.3 is 6.03 Å². The van der Waals surface area contributed by atoms with Crippen molar-refractivity contribution in [2.45, 2.75) is 26.5 Å². The number of urea groups is 1. The molecule has 132 valence electrons. The van der Waals surface area contributed by atoms with Gasteiger partial charge in [0.25, 0.3) is 0 Å². The molecule has 1 aliphatic rings. The van der Waals surface area contributed by atoms with E-state index in [0.717, 1.165) is 42.3 Å². The lowest BCUT2D eigenvalue weighted by Gasteiger charge is -2.33. The normalized spacial score (nSPS) is 17.2. The molecule has 0 aliphatic carbocycles. The van der Waals surface area contributed by atoms with Gasteiger partial charge in [0.15, 0.2) is 0 Å². The number of rotatable bonds is 4. The molecule has 2 aromatic rings. The second kappa shape index (κ2) is 7.98. The summed E-state index contributed by atoms with van der Waals surface area (Å²) in [6, 6.07) is 11.5. The van der Waals surface area contributed by atoms with E-state index in [-0.39, 0.29) is 12.1 Å². The van der Waals surface area contributed by atoms with Crippen LogP contribution in [0, 0.1) is 6.92 Å². The number of ether oxygens (including phenoxy) is 1. The molecule has 1 saturated heterocycles. The van der Waals surface area contributed by atoms with E-state index in [1.165, 1.54) is 0 Å². The maximum Gasteiger partial charge on any atom is 0.319 e. The van der Waals surface area contributed by atoms with Crippen LogP contribution in [0.5, 0.6) is 0 Å². The van der Waals surface area contributed by atoms with Gasteiger partial charge in [-0.1, -0.05) is 6.07 Å². The average Bonchev–Trinajstić information content (AvgIpc) is 2.62. The van der Waals surface area contributed by atoms with Gasteiger partial charge in [-0.3, -0.25) is 4.98 Å². The number of amides is 2. The molecular weight excluding hydrogens is 316 g/mol. The number of nitrogens with one attached hydrogen (secondary N) is 2. The van der Waals surface area contributed by atoms with E-state index in [1.54, 1.807) is 6.20 Å². The maximum absolute atomic E-state index is 12.0. The van der Waals surface area contributed by atoms with Gasteiger partial charge in [-0.15, -0.1) is 0 Å². The lowest BCUT2D eigenvalue weighted by Crippen LogP contribution is -2.41. The van der Waals surface area contributed by atoms with Gasteiger partial charge in [-0.25, -0.2) is 4.79 Å². The van der Waals surface area contributed by atoms with Gasteiger partial charge in [-0.05, 0) is 49.7 Å². The molecule has 0 saturated carbocycles. The highest BCUT2D eigenvalue weighted by Gasteiger charge is 2.16. The summed E-state index contributed by atoms with van der Waals surface area (Å²) < 4.78 is 5.57. The molecule has 6 heteroatoms. The molecule has 2 amide bonds. The van der Waals surface area contributed by atoms with Crippen molar-refractivity contribution in [2.75, 3.05) is 29.9 Å². The first-order valence-electron chi connectivity index (χ1n) is 8.54. The lowest BCUT2D eigenvalue weighted by molar-refractivity contribution is 0.0532. The number of hydrogen-bond acceptors (Lipinski definition) is 4. The maximum atomic E-state index is 12.0. The third kappa shape index (κ3) is 4.70. The molecule has 1 aromatic heterocycles. The van der Waals surface area contributed by atoms with Crippen LogP contribution in [0.1, 0.15) is 18.2 Å². The number of pyridine rings is 1. The molecule has 0 bridgehead atoms. The minimum atomic E-state index is -0.238. The third-order valence-electron chi connectivity index (χ3n) is 4.27. The quantitative estimate of drug-likeness (QED) is 0.898. The highest BCUT2D eigenvalue weighted by atomic mass is 16.5. The first kappa shape index (κ1) is 17.2. The van der Waals surface area contributed by atoms with Crippen LogP contribution in [0.3, 0.4) is 0 Å². The van der Waals surface area contributed by atoms with E-state index in [4.69, 9.17) is 4.74 Å². The van der Waals surface area contributed by atoms with E-state index in [2.05, 4.69) is 27.4 Å². The van der Waals surface area contributed by atoms with E-state index < -0.39 is 0 Å². The molecule has 1 atom stereocenters. The highest BCUT2D eigenvalue weighted by Crippen LogP contribution is 2.20. The number of aryl methyl sites for hydroxylation is 1. The molecule has 3 rings (SSSR count). The fourth-order valence-corrected chi connectivity index (χ4v) is 2.85. The summed E-state index contributed by atoms with van der Waals surface area (Å²) in [6.07, 6.45) is 1.97. The van der Waals surface area contributed by atoms with Gasteiger partial charge in [0.2, 0.25) is 0 Å². The SMILES string of the molecule is Cc1cccnc1CNC(=O)Nc1ccc(N2CCO[C@H](C)C2)cc1. The Kier molecular flexibility index (Phi) is 5.50. The van der Waals surface area contributed by atoms with Crippen molar-refractivity contribution in [3.05, 3.63) is 53.9 Å². The van der Waals surface area contributed by atoms with Crippen molar-refractivity contribution in [3.63, 3.8) is 0 Å². The Morgan fingerprint density at radius 2 is 2.12 bits per heavy atom. The molecule has 2 N–H and O–H groups in total. The standard InChI is InChI=1S/C19H24N4O2/c1-14-4-3-9-20-18(14)12-21-19(24)22-16-5-7-17(8-6-16)23-10-11-25-15(2)13-23/h3-9,15H,10-13H2,1-2H3,(H2,21,22,24)/t15-/m1/s1. The van der Waals surface area contributed by atoms with Crippen LogP contribution in [0.4, 0.5) is 16.2 Å². The van der Waals surface area contributed by atoms with Gasteiger partial charge in [-0.2, -0.15) is 0 Å². The van der Waals surface area contributed by atoms with Crippen molar-refractivity contribution in [1.29, 1.82) is 0 Å². The first-order chi connectivity index (χ1) is 12.1. The van der Waals surface area contributed by atoms with Crippen LogP contribution < -0.4 is 15.5 Å². The number of morpholine rings is 1. The Morgan fingerprint density at radius 3 is 2.84 bits per heavy atom. The topological polar surface area (TPSA) is 66.5 Å². The Balaban J connectivity index is 1.52. The highest BCUT2D eigenvalue weighted by molar-refractivity contribution is 5.89. The molecule has 25 heavy (non-hydrogen) atoms. The summed E-state index contributed by atoms with van der Waals surface area (Å²) in [6.45, 7) is 6.99. The number of hydrogen-bond donors (Lipinski definition) is 2. The van der Waals surface area contributed by atoms with Crippen molar-refractivity contribution in [3.8, 4) is 0 Å². The zero-order chi connectivity index (χ0) is 17.6. The largest absolute Gasteiger partial charge is 0.375 e. The number of anilines is 2. The lowest BCUT2D eigenvalue weighted by atomic mass is 10.2. The molecule has 0 radical (unpaired) electrons. The Labute approximate surface area is 148 Å². The number of aromatic nitrogens is 1. The second-order valence-corrected chi connectivity index (χ2v) is 6.25. The predicted molar refractivity (Wildman–Crippen MR) is 98.9 cm³/mol. The van der Waals surface area contributed by atoms with E-state index in [1.807, 2.05) is 43.3 Å². The van der Waals surface area contributed by atoms with E-state index >= 15 is 0 Å². The molecule has 6 nitrogen and oxygen atoms in total. The van der Waals surface area contributed by atoms with Gasteiger partial charge < -0.3 is 20.3 Å². The predicted octanol–water partition coefficient (Wildman–Crippen LogP) is 2.94. The van der Waals surface area contributed by atoms with Crippen LogP contribution in [0.2, 0.25) is 0 Å². The minimum absolute atomic E-state index is 0.238. The van der Waals surface area contributed by atoms with Crippen LogP contribution in [0.25, 0.3) is 0 Å². The van der Waals surface area contributed by atoms with Crippen LogP contribution in [-0.2, 0) is 11.3 Å². The van der Waals surface area contributed by atoms with Crippen LogP contribution in [-0.4, -0.2) is 36.8 Å². The van der Waals surface area contributed by atoms with E-state index in [0.29, 0.717) is 6.54 Å². The molecule has 2 heterocycles. The molecule has 1 fully saturated rings. The third-order valence-corrected chi connectivity index (χ3v) is 4.27. The van der Waals surface area contributed by atoms with Gasteiger partial charge in [0.05, 0.1) is 24.9 Å². The molecular formula is C19H24N4O2. The zero-order valence-corrected chi connectivity index (χ0v) is 14.7. The van der Waals surface area contributed by atoms with Crippen LogP contribution >= 0.6 is 0 Å². The Morgan fingerprint density at radius 1 is 1.32 bits per heavy atom. The smallest absolute Gasteiger partial charge is 0.319 e. The second-order valence-electron chi connectivity index (χ2n) is 6.25. The summed E-state index contributed by atoms with van der Waals surface area (Å²) >= 11 is 0. The molecule has 1 aliphatic heterocycles. The monoisotopic (exact) mass is 340 g/mol. The number of carbonyl (C=O) groups is 1. The summed E-state index contributed by atoms with van der Waals surface area (Å²) in [5.74, 6) is 0. The van der Waals surface area contributed by atoms with Crippen molar-refractivity contribution in [1.82, 2.24) is 10.3 Å². The fraction of sp³-hybridized carbons (Fsp3) is 0.368. The van der Waals surface area contributed by atoms with Crippen molar-refractivity contribution in [2.24, 2.45) is 0 Å². The minimum Gasteiger partial charge on any atom is -0.375 e. The molecule has 0 spiro atoms. The Bertz CT molecular complexity index is 718. The Hall–Kier alpha value is -2.60. The molecule has 0 unspecified atom stereocenters. The zero-order valence-electron chi connectivity index (χ0n) is 14.7. The van der Waals surface area contributed by atoms with Crippen LogP contribution in [0.15, 0.2) is 42.6 Å². The number of carbonyl (C=O) groups excluding carboxylic acids is 1. The van der Waals surface area contributed by atoms with Gasteiger partial charge in [0, 0.05) is 30.7 Å². The van der Waals surface area contributed by atoms with Crippen molar-refractivity contribution >= 4 is 17.4 Å². The summed E-state index contributed by atoms with van der Waals surface area (Å²) in [7, 11) is 0. The summed E-state index contributed by atoms with van der Waals surface area (Å²) in [5, 5.41) is 5.68. The fourth-order valence-electron chi connectivity index (χ4n) is 2.85. The summed E-state index contributed by atoms with van der Waals surface area (Å²) in [4.78, 5) is 18.6.